The second kappa shape index (κ2) is 5.22. The number of hydrogen-bond acceptors (Lipinski definition) is 4. The van der Waals surface area contributed by atoms with Crippen molar-refractivity contribution in [2.75, 3.05) is 5.43 Å². The number of hydrogen-bond donors (Lipinski definition) is 2. The van der Waals surface area contributed by atoms with Crippen LogP contribution in [0.2, 0.25) is 5.02 Å². The molecule has 6 heteroatoms. The predicted octanol–water partition coefficient (Wildman–Crippen LogP) is 3.46. The number of hydrazine groups is 1. The molecule has 0 aliphatic heterocycles. The molecule has 0 saturated heterocycles. The molecule has 0 bridgehead atoms. The lowest BCUT2D eigenvalue weighted by atomic mass is 10.2. The van der Waals surface area contributed by atoms with Crippen molar-refractivity contribution in [1.82, 2.24) is 9.97 Å². The first-order chi connectivity index (χ1) is 8.52. The highest BCUT2D eigenvalue weighted by Crippen LogP contribution is 2.30. The first kappa shape index (κ1) is 13.3. The second-order valence-electron chi connectivity index (χ2n) is 3.87. The minimum atomic E-state index is 0.584. The molecule has 0 saturated carbocycles. The summed E-state index contributed by atoms with van der Waals surface area (Å²) >= 11 is 9.46. The highest BCUT2D eigenvalue weighted by Gasteiger charge is 2.11. The second-order valence-corrected chi connectivity index (χ2v) is 5.17. The normalized spacial score (nSPS) is 10.5. The molecule has 0 aliphatic rings. The molecule has 94 valence electrons. The summed E-state index contributed by atoms with van der Waals surface area (Å²) in [5.74, 6) is 6.66. The van der Waals surface area contributed by atoms with Gasteiger partial charge in [-0.1, -0.05) is 27.5 Å². The van der Waals surface area contributed by atoms with Gasteiger partial charge in [0.25, 0.3) is 0 Å². The molecule has 1 heterocycles. The fraction of sp³-hybridized carbons (Fsp3) is 0.167. The summed E-state index contributed by atoms with van der Waals surface area (Å²) in [4.78, 5) is 8.85. The van der Waals surface area contributed by atoms with Crippen molar-refractivity contribution in [2.45, 2.75) is 13.8 Å². The molecule has 2 rings (SSSR count). The van der Waals surface area contributed by atoms with Crippen LogP contribution in [0.5, 0.6) is 0 Å². The number of nitrogen functional groups attached to an aromatic ring is 1. The lowest BCUT2D eigenvalue weighted by molar-refractivity contribution is 1.06. The lowest BCUT2D eigenvalue weighted by Crippen LogP contribution is -2.12. The third-order valence-electron chi connectivity index (χ3n) is 2.70. The van der Waals surface area contributed by atoms with E-state index in [9.17, 15) is 0 Å². The maximum absolute atomic E-state index is 5.99. The third-order valence-corrected chi connectivity index (χ3v) is 3.62. The number of benzene rings is 1. The van der Waals surface area contributed by atoms with Crippen LogP contribution >= 0.6 is 27.5 Å². The summed E-state index contributed by atoms with van der Waals surface area (Å²) in [6.45, 7) is 3.83. The van der Waals surface area contributed by atoms with Crippen LogP contribution in [0.15, 0.2) is 22.7 Å². The van der Waals surface area contributed by atoms with E-state index in [2.05, 4.69) is 31.3 Å². The summed E-state index contributed by atoms with van der Waals surface area (Å²) in [6, 6.07) is 5.49. The van der Waals surface area contributed by atoms with Gasteiger partial charge in [-0.05, 0) is 32.0 Å². The van der Waals surface area contributed by atoms with Crippen LogP contribution in [0, 0.1) is 13.8 Å². The van der Waals surface area contributed by atoms with Gasteiger partial charge in [0, 0.05) is 26.3 Å². The van der Waals surface area contributed by atoms with Crippen LogP contribution in [0.3, 0.4) is 0 Å². The average molecular weight is 328 g/mol. The Morgan fingerprint density at radius 3 is 2.67 bits per heavy atom. The summed E-state index contributed by atoms with van der Waals surface area (Å²) in [6.07, 6.45) is 0. The topological polar surface area (TPSA) is 63.8 Å². The van der Waals surface area contributed by atoms with E-state index < -0.39 is 0 Å². The van der Waals surface area contributed by atoms with Gasteiger partial charge in [0.05, 0.1) is 0 Å². The predicted molar refractivity (Wildman–Crippen MR) is 77.5 cm³/mol. The largest absolute Gasteiger partial charge is 0.308 e. The highest BCUT2D eigenvalue weighted by molar-refractivity contribution is 9.10. The van der Waals surface area contributed by atoms with E-state index in [1.807, 2.05) is 26.0 Å². The van der Waals surface area contributed by atoms with Crippen molar-refractivity contribution in [3.8, 4) is 11.4 Å². The summed E-state index contributed by atoms with van der Waals surface area (Å²) in [7, 11) is 0. The molecule has 18 heavy (non-hydrogen) atoms. The van der Waals surface area contributed by atoms with Gasteiger partial charge in [-0.25, -0.2) is 15.8 Å². The van der Waals surface area contributed by atoms with Gasteiger partial charge >= 0.3 is 0 Å². The van der Waals surface area contributed by atoms with Gasteiger partial charge in [0.2, 0.25) is 0 Å². The Morgan fingerprint density at radius 2 is 2.00 bits per heavy atom. The number of aryl methyl sites for hydroxylation is 1. The van der Waals surface area contributed by atoms with E-state index in [1.54, 1.807) is 6.07 Å². The average Bonchev–Trinajstić information content (AvgIpc) is 2.35. The molecular weight excluding hydrogens is 316 g/mol. The van der Waals surface area contributed by atoms with Crippen LogP contribution < -0.4 is 11.3 Å². The standard InChI is InChI=1S/C12H12BrClN4/c1-6-7(2)16-12(17-11(6)18-15)9-5-8(14)3-4-10(9)13/h3-5H,15H2,1-2H3,(H,16,17,18). The number of nitrogens with zero attached hydrogens (tertiary/aromatic N) is 2. The van der Waals surface area contributed by atoms with Crippen molar-refractivity contribution in [2.24, 2.45) is 5.84 Å². The van der Waals surface area contributed by atoms with E-state index in [1.165, 1.54) is 0 Å². The number of nitrogens with two attached hydrogens (primary N) is 1. The summed E-state index contributed by atoms with van der Waals surface area (Å²) < 4.78 is 0.887. The van der Waals surface area contributed by atoms with Crippen LogP contribution in [0.4, 0.5) is 5.82 Å². The molecule has 2 aromatic rings. The van der Waals surface area contributed by atoms with Crippen LogP contribution in [-0.4, -0.2) is 9.97 Å². The van der Waals surface area contributed by atoms with Gasteiger partial charge in [0.15, 0.2) is 5.82 Å². The van der Waals surface area contributed by atoms with Crippen molar-refractivity contribution in [3.63, 3.8) is 0 Å². The fourth-order valence-corrected chi connectivity index (χ4v) is 2.15. The lowest BCUT2D eigenvalue weighted by Gasteiger charge is -2.10. The van der Waals surface area contributed by atoms with Crippen LogP contribution in [-0.2, 0) is 0 Å². The number of nitrogens with one attached hydrogen (secondary N) is 1. The zero-order valence-corrected chi connectivity index (χ0v) is 12.3. The first-order valence-corrected chi connectivity index (χ1v) is 6.47. The zero-order chi connectivity index (χ0) is 13.3. The molecule has 3 N–H and O–H groups in total. The van der Waals surface area contributed by atoms with E-state index in [4.69, 9.17) is 17.4 Å². The molecule has 0 unspecified atom stereocenters. The first-order valence-electron chi connectivity index (χ1n) is 5.30. The minimum Gasteiger partial charge on any atom is -0.308 e. The van der Waals surface area contributed by atoms with Crippen molar-refractivity contribution < 1.29 is 0 Å². The monoisotopic (exact) mass is 326 g/mol. The zero-order valence-electron chi connectivity index (χ0n) is 9.96. The van der Waals surface area contributed by atoms with Crippen LogP contribution in [0.25, 0.3) is 11.4 Å². The molecule has 0 amide bonds. The van der Waals surface area contributed by atoms with Crippen molar-refractivity contribution >= 4 is 33.3 Å². The SMILES string of the molecule is Cc1nc(-c2cc(Cl)ccc2Br)nc(NN)c1C. The molecule has 1 aromatic heterocycles. The smallest absolute Gasteiger partial charge is 0.163 e. The van der Waals surface area contributed by atoms with Crippen molar-refractivity contribution in [3.05, 3.63) is 39.0 Å². The molecule has 1 aromatic carbocycles. The third kappa shape index (κ3) is 2.48. The Bertz CT molecular complexity index is 601. The maximum atomic E-state index is 5.99. The molecule has 0 atom stereocenters. The Balaban J connectivity index is 2.64. The van der Waals surface area contributed by atoms with E-state index in [0.29, 0.717) is 16.7 Å². The van der Waals surface area contributed by atoms with Crippen molar-refractivity contribution in [1.29, 1.82) is 0 Å². The Labute approximate surface area is 119 Å². The number of rotatable bonds is 2. The van der Waals surface area contributed by atoms with Gasteiger partial charge in [-0.15, -0.1) is 0 Å². The molecule has 4 nitrogen and oxygen atoms in total. The Morgan fingerprint density at radius 1 is 1.28 bits per heavy atom. The fourth-order valence-electron chi connectivity index (χ4n) is 1.56. The number of anilines is 1. The number of halogens is 2. The summed E-state index contributed by atoms with van der Waals surface area (Å²) in [5.41, 5.74) is 5.22. The van der Waals surface area contributed by atoms with Gasteiger partial charge in [0.1, 0.15) is 5.82 Å². The minimum absolute atomic E-state index is 0.584. The molecule has 0 radical (unpaired) electrons. The Kier molecular flexibility index (Phi) is 3.85. The van der Waals surface area contributed by atoms with Gasteiger partial charge in [-0.3, -0.25) is 0 Å². The van der Waals surface area contributed by atoms with Crippen LogP contribution in [0.1, 0.15) is 11.3 Å². The Hall–Kier alpha value is -1.17. The van der Waals surface area contributed by atoms with E-state index in [0.717, 1.165) is 21.3 Å². The maximum Gasteiger partial charge on any atom is 0.163 e. The van der Waals surface area contributed by atoms with Gasteiger partial charge in [-0.2, -0.15) is 0 Å². The number of aromatic nitrogens is 2. The summed E-state index contributed by atoms with van der Waals surface area (Å²) in [5, 5.41) is 0.636. The highest BCUT2D eigenvalue weighted by atomic mass is 79.9. The van der Waals surface area contributed by atoms with E-state index >= 15 is 0 Å². The quantitative estimate of drug-likeness (QED) is 0.655. The van der Waals surface area contributed by atoms with Gasteiger partial charge < -0.3 is 5.43 Å². The molecule has 0 fully saturated rings. The molecular formula is C12H12BrClN4. The molecule has 0 aliphatic carbocycles. The molecule has 0 spiro atoms. The van der Waals surface area contributed by atoms with E-state index in [-0.39, 0.29) is 0 Å².